The third-order valence-electron chi connectivity index (χ3n) is 2.00. The van der Waals surface area contributed by atoms with Gasteiger partial charge in [0.1, 0.15) is 0 Å². The quantitative estimate of drug-likeness (QED) is 0.684. The van der Waals surface area contributed by atoms with Gasteiger partial charge < -0.3 is 10.1 Å². The lowest BCUT2D eigenvalue weighted by Crippen LogP contribution is -2.36. The Labute approximate surface area is 75.7 Å². The zero-order chi connectivity index (χ0) is 9.03. The number of ether oxygens (including phenoxy) is 1. The molecule has 0 aromatic carbocycles. The van der Waals surface area contributed by atoms with Gasteiger partial charge in [0, 0.05) is 6.54 Å². The zero-order valence-electron chi connectivity index (χ0n) is 8.52. The van der Waals surface area contributed by atoms with Crippen LogP contribution in [0, 0.1) is 5.41 Å². The molecule has 1 aliphatic rings. The molecule has 0 amide bonds. The molecular formula is C10H21NO. The van der Waals surface area contributed by atoms with E-state index >= 15 is 0 Å². The predicted molar refractivity (Wildman–Crippen MR) is 51.3 cm³/mol. The van der Waals surface area contributed by atoms with E-state index in [1.807, 2.05) is 0 Å². The van der Waals surface area contributed by atoms with Crippen LogP contribution in [-0.2, 0) is 4.74 Å². The molecule has 1 atom stereocenters. The zero-order valence-corrected chi connectivity index (χ0v) is 8.52. The first-order chi connectivity index (χ1) is 5.58. The molecule has 1 rings (SSSR count). The number of hydrogen-bond donors (Lipinski definition) is 1. The van der Waals surface area contributed by atoms with Crippen molar-refractivity contribution in [2.45, 2.75) is 39.7 Å². The first kappa shape index (κ1) is 10.0. The van der Waals surface area contributed by atoms with Crippen LogP contribution in [0.25, 0.3) is 0 Å². The molecule has 0 bridgehead atoms. The Morgan fingerprint density at radius 2 is 2.17 bits per heavy atom. The van der Waals surface area contributed by atoms with E-state index in [-0.39, 0.29) is 0 Å². The van der Waals surface area contributed by atoms with Crippen molar-refractivity contribution in [1.82, 2.24) is 5.32 Å². The average Bonchev–Trinajstić information content (AvgIpc) is 2.02. The van der Waals surface area contributed by atoms with Crippen LogP contribution in [0.1, 0.15) is 33.6 Å². The van der Waals surface area contributed by atoms with Crippen molar-refractivity contribution in [3.05, 3.63) is 0 Å². The van der Waals surface area contributed by atoms with Crippen molar-refractivity contribution in [3.8, 4) is 0 Å². The highest BCUT2D eigenvalue weighted by Gasteiger charge is 2.17. The smallest absolute Gasteiger partial charge is 0.0700 e. The van der Waals surface area contributed by atoms with Gasteiger partial charge in [0.25, 0.3) is 0 Å². The SMILES string of the molecule is CC(C)(C)CO[C@H]1CCCNC1. The van der Waals surface area contributed by atoms with E-state index in [4.69, 9.17) is 4.74 Å². The van der Waals surface area contributed by atoms with Crippen LogP contribution >= 0.6 is 0 Å². The van der Waals surface area contributed by atoms with E-state index in [1.54, 1.807) is 0 Å². The molecule has 1 heterocycles. The van der Waals surface area contributed by atoms with Gasteiger partial charge in [-0.25, -0.2) is 0 Å². The van der Waals surface area contributed by atoms with Crippen LogP contribution in [0.2, 0.25) is 0 Å². The summed E-state index contributed by atoms with van der Waals surface area (Å²) in [7, 11) is 0. The van der Waals surface area contributed by atoms with E-state index in [0.29, 0.717) is 11.5 Å². The van der Waals surface area contributed by atoms with Gasteiger partial charge in [-0.3, -0.25) is 0 Å². The van der Waals surface area contributed by atoms with Crippen LogP contribution in [-0.4, -0.2) is 25.8 Å². The first-order valence-corrected chi connectivity index (χ1v) is 4.90. The fourth-order valence-corrected chi connectivity index (χ4v) is 1.33. The topological polar surface area (TPSA) is 21.3 Å². The second-order valence-electron chi connectivity index (χ2n) is 4.84. The Kier molecular flexibility index (Phi) is 3.53. The number of nitrogens with one attached hydrogen (secondary N) is 1. The molecule has 0 radical (unpaired) electrons. The summed E-state index contributed by atoms with van der Waals surface area (Å²) in [4.78, 5) is 0. The largest absolute Gasteiger partial charge is 0.376 e. The maximum atomic E-state index is 5.78. The monoisotopic (exact) mass is 171 g/mol. The van der Waals surface area contributed by atoms with E-state index < -0.39 is 0 Å². The lowest BCUT2D eigenvalue weighted by Gasteiger charge is -2.27. The maximum absolute atomic E-state index is 5.78. The van der Waals surface area contributed by atoms with E-state index in [1.165, 1.54) is 12.8 Å². The van der Waals surface area contributed by atoms with Gasteiger partial charge in [-0.15, -0.1) is 0 Å². The fraction of sp³-hybridized carbons (Fsp3) is 1.00. The normalized spacial score (nSPS) is 25.8. The van der Waals surface area contributed by atoms with Crippen molar-refractivity contribution >= 4 is 0 Å². The van der Waals surface area contributed by atoms with Crippen molar-refractivity contribution in [2.75, 3.05) is 19.7 Å². The maximum Gasteiger partial charge on any atom is 0.0700 e. The Balaban J connectivity index is 2.13. The number of piperidine rings is 1. The van der Waals surface area contributed by atoms with Gasteiger partial charge in [-0.2, -0.15) is 0 Å². The van der Waals surface area contributed by atoms with Crippen LogP contribution in [0.3, 0.4) is 0 Å². The molecule has 0 aromatic rings. The lowest BCUT2D eigenvalue weighted by molar-refractivity contribution is -0.00261. The Morgan fingerprint density at radius 3 is 2.67 bits per heavy atom. The molecule has 2 heteroatoms. The Morgan fingerprint density at radius 1 is 1.42 bits per heavy atom. The van der Waals surface area contributed by atoms with Gasteiger partial charge in [-0.1, -0.05) is 20.8 Å². The average molecular weight is 171 g/mol. The summed E-state index contributed by atoms with van der Waals surface area (Å²) in [6, 6.07) is 0. The fourth-order valence-electron chi connectivity index (χ4n) is 1.33. The molecule has 1 aliphatic heterocycles. The van der Waals surface area contributed by atoms with Crippen LogP contribution in [0.4, 0.5) is 0 Å². The summed E-state index contributed by atoms with van der Waals surface area (Å²) >= 11 is 0. The molecule has 1 N–H and O–H groups in total. The van der Waals surface area contributed by atoms with E-state index in [0.717, 1.165) is 19.7 Å². The second-order valence-corrected chi connectivity index (χ2v) is 4.84. The number of hydrogen-bond acceptors (Lipinski definition) is 2. The summed E-state index contributed by atoms with van der Waals surface area (Å²) in [6.45, 7) is 9.71. The van der Waals surface area contributed by atoms with Crippen LogP contribution < -0.4 is 5.32 Å². The van der Waals surface area contributed by atoms with Crippen molar-refractivity contribution in [1.29, 1.82) is 0 Å². The van der Waals surface area contributed by atoms with Gasteiger partial charge in [0.15, 0.2) is 0 Å². The minimum absolute atomic E-state index is 0.303. The third-order valence-corrected chi connectivity index (χ3v) is 2.00. The van der Waals surface area contributed by atoms with Crippen molar-refractivity contribution in [3.63, 3.8) is 0 Å². The third kappa shape index (κ3) is 4.07. The highest BCUT2D eigenvalue weighted by Crippen LogP contribution is 2.16. The van der Waals surface area contributed by atoms with E-state index in [2.05, 4.69) is 26.1 Å². The number of rotatable bonds is 2. The molecule has 12 heavy (non-hydrogen) atoms. The van der Waals surface area contributed by atoms with Crippen LogP contribution in [0.15, 0.2) is 0 Å². The van der Waals surface area contributed by atoms with Gasteiger partial charge in [0.05, 0.1) is 12.7 Å². The minimum atomic E-state index is 0.303. The molecular weight excluding hydrogens is 150 g/mol. The molecule has 0 saturated carbocycles. The summed E-state index contributed by atoms with van der Waals surface area (Å²) in [6.07, 6.45) is 2.94. The Bertz CT molecular complexity index is 122. The van der Waals surface area contributed by atoms with Crippen LogP contribution in [0.5, 0.6) is 0 Å². The predicted octanol–water partition coefficient (Wildman–Crippen LogP) is 1.80. The van der Waals surface area contributed by atoms with Gasteiger partial charge in [0.2, 0.25) is 0 Å². The molecule has 2 nitrogen and oxygen atoms in total. The van der Waals surface area contributed by atoms with Crippen molar-refractivity contribution in [2.24, 2.45) is 5.41 Å². The summed E-state index contributed by atoms with van der Waals surface area (Å²) in [5.41, 5.74) is 0.303. The first-order valence-electron chi connectivity index (χ1n) is 4.90. The second kappa shape index (κ2) is 4.24. The molecule has 1 saturated heterocycles. The minimum Gasteiger partial charge on any atom is -0.376 e. The molecule has 0 aliphatic carbocycles. The highest BCUT2D eigenvalue weighted by atomic mass is 16.5. The summed E-state index contributed by atoms with van der Waals surface area (Å²) in [5, 5.41) is 3.35. The van der Waals surface area contributed by atoms with Crippen molar-refractivity contribution < 1.29 is 4.74 Å². The lowest BCUT2D eigenvalue weighted by atomic mass is 9.98. The molecule has 0 unspecified atom stereocenters. The molecule has 1 fully saturated rings. The molecule has 0 aromatic heterocycles. The molecule has 72 valence electrons. The summed E-state index contributed by atoms with van der Waals surface area (Å²) < 4.78 is 5.78. The summed E-state index contributed by atoms with van der Waals surface area (Å²) in [5.74, 6) is 0. The van der Waals surface area contributed by atoms with Gasteiger partial charge in [-0.05, 0) is 24.8 Å². The van der Waals surface area contributed by atoms with Gasteiger partial charge >= 0.3 is 0 Å². The Hall–Kier alpha value is -0.0800. The standard InChI is InChI=1S/C10H21NO/c1-10(2,3)8-12-9-5-4-6-11-7-9/h9,11H,4-8H2,1-3H3/t9-/m0/s1. The molecule has 0 spiro atoms. The van der Waals surface area contributed by atoms with E-state index in [9.17, 15) is 0 Å². The highest BCUT2D eigenvalue weighted by molar-refractivity contribution is 4.70.